The molecule has 0 bridgehead atoms. The molecule has 5 nitrogen and oxygen atoms in total. The number of likely N-dealkylation sites (tertiary alicyclic amines) is 2. The van der Waals surface area contributed by atoms with E-state index >= 15 is 0 Å². The minimum Gasteiger partial charge on any atom is -0.464 e. The Bertz CT molecular complexity index is 404. The van der Waals surface area contributed by atoms with Crippen molar-refractivity contribution in [1.29, 1.82) is 0 Å². The highest BCUT2D eigenvalue weighted by Gasteiger charge is 2.38. The zero-order valence-corrected chi connectivity index (χ0v) is 12.9. The number of amides is 1. The molecule has 3 saturated heterocycles. The maximum Gasteiger partial charge on any atom is 0.323 e. The number of nitrogens with zero attached hydrogens (tertiary/aromatic N) is 2. The molecule has 0 radical (unpaired) electrons. The molecular formula is C16H26N2O3. The lowest BCUT2D eigenvalue weighted by Gasteiger charge is -2.38. The molecule has 3 fully saturated rings. The second-order valence-corrected chi connectivity index (χ2v) is 6.81. The second kappa shape index (κ2) is 6.34. The SMILES string of the molecule is CC1CCN(C(=O)[C@H]2CCCN([C@@H]3CCOC3=O)C2)CC1. The second-order valence-electron chi connectivity index (χ2n) is 6.81. The van der Waals surface area contributed by atoms with Crippen LogP contribution in [0.15, 0.2) is 0 Å². The third-order valence-electron chi connectivity index (χ3n) is 5.25. The summed E-state index contributed by atoms with van der Waals surface area (Å²) in [5.41, 5.74) is 0. The van der Waals surface area contributed by atoms with Gasteiger partial charge in [-0.05, 0) is 38.1 Å². The Balaban J connectivity index is 1.57. The molecule has 0 aliphatic carbocycles. The number of cyclic esters (lactones) is 1. The number of ether oxygens (including phenoxy) is 1. The first-order valence-electron chi connectivity index (χ1n) is 8.34. The van der Waals surface area contributed by atoms with Crippen LogP contribution in [0.1, 0.15) is 39.0 Å². The van der Waals surface area contributed by atoms with Gasteiger partial charge in [0.15, 0.2) is 0 Å². The fourth-order valence-corrected chi connectivity index (χ4v) is 3.80. The number of esters is 1. The molecule has 2 atom stereocenters. The van der Waals surface area contributed by atoms with Crippen LogP contribution in [0.25, 0.3) is 0 Å². The van der Waals surface area contributed by atoms with Crippen molar-refractivity contribution >= 4 is 11.9 Å². The summed E-state index contributed by atoms with van der Waals surface area (Å²) in [5.74, 6) is 1.01. The van der Waals surface area contributed by atoms with Gasteiger partial charge in [0, 0.05) is 26.1 Å². The van der Waals surface area contributed by atoms with Crippen molar-refractivity contribution in [1.82, 2.24) is 9.80 Å². The molecule has 0 N–H and O–H groups in total. The van der Waals surface area contributed by atoms with Gasteiger partial charge >= 0.3 is 5.97 Å². The summed E-state index contributed by atoms with van der Waals surface area (Å²) in [6, 6.07) is -0.109. The number of carbonyl (C=O) groups is 2. The van der Waals surface area contributed by atoms with E-state index in [1.807, 2.05) is 4.90 Å². The largest absolute Gasteiger partial charge is 0.464 e. The minimum atomic E-state index is -0.109. The van der Waals surface area contributed by atoms with Crippen molar-refractivity contribution in [2.75, 3.05) is 32.8 Å². The van der Waals surface area contributed by atoms with Crippen LogP contribution in [0.3, 0.4) is 0 Å². The Morgan fingerprint density at radius 3 is 2.57 bits per heavy atom. The van der Waals surface area contributed by atoms with Gasteiger partial charge in [0.05, 0.1) is 12.5 Å². The zero-order valence-electron chi connectivity index (χ0n) is 12.9. The Hall–Kier alpha value is -1.10. The number of piperidine rings is 2. The lowest BCUT2D eigenvalue weighted by atomic mass is 9.92. The first kappa shape index (κ1) is 14.8. The van der Waals surface area contributed by atoms with E-state index in [9.17, 15) is 9.59 Å². The van der Waals surface area contributed by atoms with Crippen molar-refractivity contribution in [3.8, 4) is 0 Å². The van der Waals surface area contributed by atoms with E-state index in [0.717, 1.165) is 64.2 Å². The highest BCUT2D eigenvalue weighted by molar-refractivity contribution is 5.80. The van der Waals surface area contributed by atoms with Gasteiger partial charge < -0.3 is 9.64 Å². The van der Waals surface area contributed by atoms with E-state index < -0.39 is 0 Å². The van der Waals surface area contributed by atoms with Gasteiger partial charge in [0.1, 0.15) is 6.04 Å². The Morgan fingerprint density at radius 1 is 1.14 bits per heavy atom. The molecule has 118 valence electrons. The van der Waals surface area contributed by atoms with Crippen LogP contribution in [0.5, 0.6) is 0 Å². The third kappa shape index (κ3) is 3.23. The molecule has 3 aliphatic heterocycles. The first-order chi connectivity index (χ1) is 10.1. The lowest BCUT2D eigenvalue weighted by Crippen LogP contribution is -2.50. The first-order valence-corrected chi connectivity index (χ1v) is 8.34. The Kier molecular flexibility index (Phi) is 4.48. The maximum atomic E-state index is 12.7. The fourth-order valence-electron chi connectivity index (χ4n) is 3.80. The summed E-state index contributed by atoms with van der Waals surface area (Å²) in [6.07, 6.45) is 4.99. The quantitative estimate of drug-likeness (QED) is 0.720. The van der Waals surface area contributed by atoms with Crippen LogP contribution in [0, 0.1) is 11.8 Å². The number of hydrogen-bond donors (Lipinski definition) is 0. The Morgan fingerprint density at radius 2 is 1.90 bits per heavy atom. The molecule has 0 saturated carbocycles. The molecule has 0 unspecified atom stereocenters. The van der Waals surface area contributed by atoms with Gasteiger partial charge in [0.2, 0.25) is 5.91 Å². The number of rotatable bonds is 2. The summed E-state index contributed by atoms with van der Waals surface area (Å²) in [5, 5.41) is 0. The monoisotopic (exact) mass is 294 g/mol. The molecule has 0 aromatic heterocycles. The topological polar surface area (TPSA) is 49.9 Å². The molecule has 0 aromatic rings. The van der Waals surface area contributed by atoms with Gasteiger partial charge in [-0.25, -0.2) is 0 Å². The van der Waals surface area contributed by atoms with E-state index in [4.69, 9.17) is 4.74 Å². The third-order valence-corrected chi connectivity index (χ3v) is 5.25. The van der Waals surface area contributed by atoms with Crippen LogP contribution in [0.2, 0.25) is 0 Å². The van der Waals surface area contributed by atoms with E-state index in [0.29, 0.717) is 12.5 Å². The van der Waals surface area contributed by atoms with Crippen molar-refractivity contribution in [2.24, 2.45) is 11.8 Å². The standard InChI is InChI=1S/C16H26N2O3/c1-12-4-8-17(9-5-12)15(19)13-3-2-7-18(11-13)14-6-10-21-16(14)20/h12-14H,2-11H2,1H3/t13-,14+/m0/s1. The Labute approximate surface area is 126 Å². The number of carbonyl (C=O) groups excluding carboxylic acids is 2. The predicted octanol–water partition coefficient (Wildman–Crippen LogP) is 1.27. The minimum absolute atomic E-state index is 0.0700. The van der Waals surface area contributed by atoms with Crippen LogP contribution >= 0.6 is 0 Å². The molecule has 0 spiro atoms. The van der Waals surface area contributed by atoms with Crippen molar-refractivity contribution in [3.63, 3.8) is 0 Å². The lowest BCUT2D eigenvalue weighted by molar-refractivity contribution is -0.145. The predicted molar refractivity (Wildman–Crippen MR) is 78.6 cm³/mol. The molecule has 3 heterocycles. The summed E-state index contributed by atoms with van der Waals surface area (Å²) >= 11 is 0. The van der Waals surface area contributed by atoms with Crippen LogP contribution < -0.4 is 0 Å². The van der Waals surface area contributed by atoms with E-state index in [1.165, 1.54) is 0 Å². The van der Waals surface area contributed by atoms with E-state index in [2.05, 4.69) is 11.8 Å². The molecule has 5 heteroatoms. The summed E-state index contributed by atoms with van der Waals surface area (Å²) in [6.45, 7) is 6.24. The van der Waals surface area contributed by atoms with Crippen LogP contribution in [0.4, 0.5) is 0 Å². The van der Waals surface area contributed by atoms with Crippen molar-refractivity contribution in [3.05, 3.63) is 0 Å². The van der Waals surface area contributed by atoms with Gasteiger partial charge in [-0.2, -0.15) is 0 Å². The van der Waals surface area contributed by atoms with Gasteiger partial charge in [0.25, 0.3) is 0 Å². The van der Waals surface area contributed by atoms with Gasteiger partial charge in [-0.1, -0.05) is 6.92 Å². The summed E-state index contributed by atoms with van der Waals surface area (Å²) in [4.78, 5) is 28.6. The maximum absolute atomic E-state index is 12.7. The zero-order chi connectivity index (χ0) is 14.8. The smallest absolute Gasteiger partial charge is 0.323 e. The van der Waals surface area contributed by atoms with E-state index in [-0.39, 0.29) is 17.9 Å². The average molecular weight is 294 g/mol. The summed E-state index contributed by atoms with van der Waals surface area (Å²) < 4.78 is 5.07. The fraction of sp³-hybridized carbons (Fsp3) is 0.875. The molecule has 0 aromatic carbocycles. The highest BCUT2D eigenvalue weighted by Crippen LogP contribution is 2.26. The van der Waals surface area contributed by atoms with Crippen LogP contribution in [-0.2, 0) is 14.3 Å². The molecular weight excluding hydrogens is 268 g/mol. The van der Waals surface area contributed by atoms with Gasteiger partial charge in [-0.15, -0.1) is 0 Å². The molecule has 21 heavy (non-hydrogen) atoms. The van der Waals surface area contributed by atoms with Crippen LogP contribution in [-0.4, -0.2) is 60.5 Å². The average Bonchev–Trinajstić information content (AvgIpc) is 2.94. The molecule has 3 rings (SSSR count). The molecule has 3 aliphatic rings. The van der Waals surface area contributed by atoms with Crippen molar-refractivity contribution < 1.29 is 14.3 Å². The normalized spacial score (nSPS) is 32.2. The summed E-state index contributed by atoms with van der Waals surface area (Å²) in [7, 11) is 0. The molecule has 1 amide bonds. The van der Waals surface area contributed by atoms with Gasteiger partial charge in [-0.3, -0.25) is 14.5 Å². The number of hydrogen-bond acceptors (Lipinski definition) is 4. The highest BCUT2D eigenvalue weighted by atomic mass is 16.5. The van der Waals surface area contributed by atoms with E-state index in [1.54, 1.807) is 0 Å². The van der Waals surface area contributed by atoms with Crippen molar-refractivity contribution in [2.45, 2.75) is 45.1 Å².